The molecule has 0 radical (unpaired) electrons. The molecule has 1 aromatic rings. The zero-order chi connectivity index (χ0) is 16.9. The van der Waals surface area contributed by atoms with E-state index in [0.717, 1.165) is 24.3 Å². The molecule has 2 amide bonds. The highest BCUT2D eigenvalue weighted by atomic mass is 19.4. The number of carbonyl (C=O) groups excluding carboxylic acids is 2. The van der Waals surface area contributed by atoms with Crippen molar-refractivity contribution in [2.45, 2.75) is 24.7 Å². The third-order valence-electron chi connectivity index (χ3n) is 2.86. The van der Waals surface area contributed by atoms with Crippen LogP contribution in [0.15, 0.2) is 36.9 Å². The van der Waals surface area contributed by atoms with Crippen molar-refractivity contribution in [2.24, 2.45) is 5.73 Å². The number of nitrogens with one attached hydrogen (secondary N) is 1. The Hall–Kier alpha value is -2.35. The Morgan fingerprint density at radius 2 is 1.86 bits per heavy atom. The average molecular weight is 316 g/mol. The van der Waals surface area contributed by atoms with Crippen LogP contribution in [0, 0.1) is 0 Å². The van der Waals surface area contributed by atoms with Crippen LogP contribution in [0.4, 0.5) is 13.2 Å². The number of hydrogen-bond donors (Lipinski definition) is 3. The van der Waals surface area contributed by atoms with Crippen LogP contribution in [0.1, 0.15) is 23.7 Å². The lowest BCUT2D eigenvalue weighted by molar-refractivity contribution is -0.137. The first-order valence-electron chi connectivity index (χ1n) is 6.22. The van der Waals surface area contributed by atoms with Crippen LogP contribution in [0.5, 0.6) is 0 Å². The fraction of sp³-hybridized carbons (Fsp3) is 0.286. The van der Waals surface area contributed by atoms with E-state index in [9.17, 15) is 27.9 Å². The standard InChI is InChI=1S/C14H15F3N2O3/c1-2-3-10(12(18)21)19-13(22)11(20)8-4-6-9(7-5-8)14(15,16)17/h2,4-7,10-11,20H,1,3H2,(H2,18,21)(H,19,22)/t10-,11+/m0/s1. The predicted molar refractivity (Wildman–Crippen MR) is 72.3 cm³/mol. The molecule has 0 bridgehead atoms. The average Bonchev–Trinajstić information content (AvgIpc) is 2.45. The monoisotopic (exact) mass is 316 g/mol. The van der Waals surface area contributed by atoms with E-state index in [0.29, 0.717) is 0 Å². The first-order chi connectivity index (χ1) is 10.2. The largest absolute Gasteiger partial charge is 0.416 e. The molecule has 0 aliphatic carbocycles. The van der Waals surface area contributed by atoms with Gasteiger partial charge in [-0.3, -0.25) is 9.59 Å². The second-order valence-corrected chi connectivity index (χ2v) is 4.51. The van der Waals surface area contributed by atoms with Crippen molar-refractivity contribution in [1.82, 2.24) is 5.32 Å². The summed E-state index contributed by atoms with van der Waals surface area (Å²) in [5.74, 6) is -1.75. The number of carbonyl (C=O) groups is 2. The van der Waals surface area contributed by atoms with Gasteiger partial charge in [0, 0.05) is 0 Å². The van der Waals surface area contributed by atoms with Crippen molar-refractivity contribution >= 4 is 11.8 Å². The molecule has 1 aromatic carbocycles. The van der Waals surface area contributed by atoms with Crippen LogP contribution in [0.25, 0.3) is 0 Å². The topological polar surface area (TPSA) is 92.4 Å². The fourth-order valence-electron chi connectivity index (χ4n) is 1.67. The number of alkyl halides is 3. The summed E-state index contributed by atoms with van der Waals surface area (Å²) in [4.78, 5) is 22.9. The van der Waals surface area contributed by atoms with Gasteiger partial charge in [-0.1, -0.05) is 18.2 Å². The molecule has 0 aliphatic heterocycles. The fourth-order valence-corrected chi connectivity index (χ4v) is 1.67. The third-order valence-corrected chi connectivity index (χ3v) is 2.86. The number of benzene rings is 1. The summed E-state index contributed by atoms with van der Waals surface area (Å²) in [7, 11) is 0. The lowest BCUT2D eigenvalue weighted by atomic mass is 10.1. The van der Waals surface area contributed by atoms with Gasteiger partial charge in [0.2, 0.25) is 5.91 Å². The zero-order valence-electron chi connectivity index (χ0n) is 11.4. The smallest absolute Gasteiger partial charge is 0.378 e. The van der Waals surface area contributed by atoms with Crippen molar-refractivity contribution in [3.8, 4) is 0 Å². The molecule has 0 aliphatic rings. The van der Waals surface area contributed by atoms with E-state index >= 15 is 0 Å². The molecule has 4 N–H and O–H groups in total. The minimum absolute atomic E-state index is 0.0349. The normalized spacial score (nSPS) is 14.0. The van der Waals surface area contributed by atoms with Gasteiger partial charge < -0.3 is 16.2 Å². The van der Waals surface area contributed by atoms with E-state index in [4.69, 9.17) is 5.73 Å². The molecule has 0 heterocycles. The number of primary amides is 1. The first kappa shape index (κ1) is 17.7. The van der Waals surface area contributed by atoms with Crippen molar-refractivity contribution in [3.05, 3.63) is 48.0 Å². The number of rotatable bonds is 6. The minimum Gasteiger partial charge on any atom is -0.378 e. The van der Waals surface area contributed by atoms with Gasteiger partial charge in [0.1, 0.15) is 6.04 Å². The summed E-state index contributed by atoms with van der Waals surface area (Å²) >= 11 is 0. The van der Waals surface area contributed by atoms with E-state index in [-0.39, 0.29) is 12.0 Å². The maximum Gasteiger partial charge on any atom is 0.416 e. The Kier molecular flexibility index (Phi) is 5.69. The van der Waals surface area contributed by atoms with E-state index in [1.54, 1.807) is 0 Å². The maximum absolute atomic E-state index is 12.4. The van der Waals surface area contributed by atoms with Crippen LogP contribution >= 0.6 is 0 Å². The van der Waals surface area contributed by atoms with Gasteiger partial charge in [0.05, 0.1) is 5.56 Å². The molecule has 22 heavy (non-hydrogen) atoms. The number of halogens is 3. The molecule has 0 saturated heterocycles. The summed E-state index contributed by atoms with van der Waals surface area (Å²) in [5.41, 5.74) is 4.14. The summed E-state index contributed by atoms with van der Waals surface area (Å²) < 4.78 is 37.3. The highest BCUT2D eigenvalue weighted by Crippen LogP contribution is 2.29. The lowest BCUT2D eigenvalue weighted by Crippen LogP contribution is -2.45. The zero-order valence-corrected chi connectivity index (χ0v) is 11.4. The number of amides is 2. The number of hydrogen-bond acceptors (Lipinski definition) is 3. The van der Waals surface area contributed by atoms with E-state index in [1.165, 1.54) is 6.08 Å². The molecule has 1 rings (SSSR count). The van der Waals surface area contributed by atoms with Crippen molar-refractivity contribution in [3.63, 3.8) is 0 Å². The number of aliphatic hydroxyl groups is 1. The summed E-state index contributed by atoms with van der Waals surface area (Å²) in [6.07, 6.45) is -4.79. The summed E-state index contributed by atoms with van der Waals surface area (Å²) in [6.45, 7) is 3.40. The van der Waals surface area contributed by atoms with Crippen LogP contribution in [-0.2, 0) is 15.8 Å². The SMILES string of the molecule is C=CC[C@H](NC(=O)[C@H](O)c1ccc(C(F)(F)F)cc1)C(N)=O. The quantitative estimate of drug-likeness (QED) is 0.690. The van der Waals surface area contributed by atoms with E-state index < -0.39 is 35.7 Å². The Labute approximate surface area is 124 Å². The Bertz CT molecular complexity index is 555. The summed E-state index contributed by atoms with van der Waals surface area (Å²) in [5, 5.41) is 12.0. The third kappa shape index (κ3) is 4.59. The molecular formula is C14H15F3N2O3. The second-order valence-electron chi connectivity index (χ2n) is 4.51. The van der Waals surface area contributed by atoms with Crippen molar-refractivity contribution in [2.75, 3.05) is 0 Å². The number of aliphatic hydroxyl groups excluding tert-OH is 1. The molecule has 120 valence electrons. The van der Waals surface area contributed by atoms with Gasteiger partial charge in [0.15, 0.2) is 6.10 Å². The molecule has 0 unspecified atom stereocenters. The molecule has 2 atom stereocenters. The van der Waals surface area contributed by atoms with Crippen LogP contribution < -0.4 is 11.1 Å². The van der Waals surface area contributed by atoms with Gasteiger partial charge >= 0.3 is 6.18 Å². The Balaban J connectivity index is 2.82. The molecule has 8 heteroatoms. The van der Waals surface area contributed by atoms with Crippen LogP contribution in [-0.4, -0.2) is 23.0 Å². The highest BCUT2D eigenvalue weighted by molar-refractivity contribution is 5.89. The maximum atomic E-state index is 12.4. The molecule has 0 saturated carbocycles. The van der Waals surface area contributed by atoms with Gasteiger partial charge in [-0.2, -0.15) is 13.2 Å². The number of nitrogens with two attached hydrogens (primary N) is 1. The molecule has 0 fully saturated rings. The van der Waals surface area contributed by atoms with Gasteiger partial charge in [-0.05, 0) is 24.1 Å². The summed E-state index contributed by atoms with van der Waals surface area (Å²) in [6, 6.07) is 2.43. The van der Waals surface area contributed by atoms with Crippen molar-refractivity contribution < 1.29 is 27.9 Å². The minimum atomic E-state index is -4.51. The van der Waals surface area contributed by atoms with Gasteiger partial charge in [0.25, 0.3) is 5.91 Å². The van der Waals surface area contributed by atoms with Crippen molar-refractivity contribution in [1.29, 1.82) is 0 Å². The Morgan fingerprint density at radius 3 is 2.27 bits per heavy atom. The molecule has 0 aromatic heterocycles. The van der Waals surface area contributed by atoms with E-state index in [2.05, 4.69) is 11.9 Å². The second kappa shape index (κ2) is 7.08. The first-order valence-corrected chi connectivity index (χ1v) is 6.22. The highest BCUT2D eigenvalue weighted by Gasteiger charge is 2.30. The Morgan fingerprint density at radius 1 is 1.32 bits per heavy atom. The van der Waals surface area contributed by atoms with Crippen LogP contribution in [0.3, 0.4) is 0 Å². The molecule has 0 spiro atoms. The lowest BCUT2D eigenvalue weighted by Gasteiger charge is -2.17. The predicted octanol–water partition coefficient (Wildman–Crippen LogP) is 1.28. The van der Waals surface area contributed by atoms with Gasteiger partial charge in [-0.25, -0.2) is 0 Å². The van der Waals surface area contributed by atoms with Crippen LogP contribution in [0.2, 0.25) is 0 Å². The van der Waals surface area contributed by atoms with Gasteiger partial charge in [-0.15, -0.1) is 6.58 Å². The molecule has 5 nitrogen and oxygen atoms in total. The molecular weight excluding hydrogens is 301 g/mol. The van der Waals surface area contributed by atoms with E-state index in [1.807, 2.05) is 0 Å².